The molecular weight excluding hydrogens is 412 g/mol. The number of piperidine rings is 1. The van der Waals surface area contributed by atoms with Crippen LogP contribution in [-0.2, 0) is 16.0 Å². The molecule has 2 heterocycles. The number of hydrogen-bond donors (Lipinski definition) is 1. The molecule has 1 amide bonds. The molecular formula is C23H30N4O3S. The predicted octanol–water partition coefficient (Wildman–Crippen LogP) is 3.59. The van der Waals surface area contributed by atoms with Crippen molar-refractivity contribution in [2.75, 3.05) is 25.4 Å². The van der Waals surface area contributed by atoms with E-state index in [1.54, 1.807) is 6.92 Å². The summed E-state index contributed by atoms with van der Waals surface area (Å²) in [5, 5.41) is 0.114. The Hall–Kier alpha value is -2.61. The molecule has 0 unspecified atom stereocenters. The van der Waals surface area contributed by atoms with Gasteiger partial charge in [0.2, 0.25) is 5.91 Å². The summed E-state index contributed by atoms with van der Waals surface area (Å²) in [6, 6.07) is 10.5. The van der Waals surface area contributed by atoms with Crippen LogP contribution in [0, 0.1) is 5.92 Å². The van der Waals surface area contributed by atoms with Gasteiger partial charge in [0.1, 0.15) is 11.4 Å². The summed E-state index contributed by atoms with van der Waals surface area (Å²) >= 11 is 1.30. The first-order valence-corrected chi connectivity index (χ1v) is 11.7. The summed E-state index contributed by atoms with van der Waals surface area (Å²) in [5.41, 5.74) is 7.41. The molecule has 166 valence electrons. The molecule has 3 rings (SSSR count). The lowest BCUT2D eigenvalue weighted by atomic mass is 9.90. The highest BCUT2D eigenvalue weighted by Crippen LogP contribution is 2.28. The zero-order valence-corrected chi connectivity index (χ0v) is 18.9. The average Bonchev–Trinajstić information content (AvgIpc) is 2.78. The van der Waals surface area contributed by atoms with Gasteiger partial charge >= 0.3 is 5.97 Å². The Morgan fingerprint density at radius 1 is 1.23 bits per heavy atom. The number of carbonyl (C=O) groups excluding carboxylic acids is 2. The number of nitrogen functional groups attached to an aromatic ring is 1. The van der Waals surface area contributed by atoms with Crippen LogP contribution in [0.4, 0.5) is 5.82 Å². The van der Waals surface area contributed by atoms with Crippen LogP contribution < -0.4 is 5.73 Å². The lowest BCUT2D eigenvalue weighted by molar-refractivity contribution is -0.132. The summed E-state index contributed by atoms with van der Waals surface area (Å²) in [7, 11) is 0. The fourth-order valence-corrected chi connectivity index (χ4v) is 4.68. The third-order valence-corrected chi connectivity index (χ3v) is 6.71. The SMILES string of the molecule is CCOC(=O)c1cnc(S[C@H](CC)C(=O)N2CCC(Cc3ccccc3)CC2)nc1N. The zero-order chi connectivity index (χ0) is 22.2. The normalized spacial score (nSPS) is 15.5. The fraction of sp³-hybridized carbons (Fsp3) is 0.478. The van der Waals surface area contributed by atoms with Gasteiger partial charge < -0.3 is 15.4 Å². The minimum absolute atomic E-state index is 0.0694. The Kier molecular flexibility index (Phi) is 8.28. The highest BCUT2D eigenvalue weighted by molar-refractivity contribution is 8.00. The molecule has 31 heavy (non-hydrogen) atoms. The van der Waals surface area contributed by atoms with Gasteiger partial charge in [0.25, 0.3) is 0 Å². The van der Waals surface area contributed by atoms with Crippen LogP contribution in [0.2, 0.25) is 0 Å². The van der Waals surface area contributed by atoms with E-state index in [0.29, 0.717) is 17.5 Å². The molecule has 1 atom stereocenters. The van der Waals surface area contributed by atoms with Gasteiger partial charge in [0.05, 0.1) is 11.9 Å². The van der Waals surface area contributed by atoms with Crippen molar-refractivity contribution in [2.45, 2.75) is 49.9 Å². The van der Waals surface area contributed by atoms with E-state index >= 15 is 0 Å². The third kappa shape index (κ3) is 6.19. The Balaban J connectivity index is 1.56. The van der Waals surface area contributed by atoms with E-state index in [4.69, 9.17) is 10.5 Å². The van der Waals surface area contributed by atoms with E-state index in [0.717, 1.165) is 32.4 Å². The Labute approximate surface area is 187 Å². The van der Waals surface area contributed by atoms with E-state index in [-0.39, 0.29) is 29.1 Å². The molecule has 1 aliphatic heterocycles. The van der Waals surface area contributed by atoms with Crippen molar-refractivity contribution in [2.24, 2.45) is 5.92 Å². The molecule has 0 radical (unpaired) electrons. The number of nitrogens with zero attached hydrogens (tertiary/aromatic N) is 3. The van der Waals surface area contributed by atoms with Crippen molar-refractivity contribution in [1.29, 1.82) is 0 Å². The van der Waals surface area contributed by atoms with Gasteiger partial charge in [-0.1, -0.05) is 49.0 Å². The van der Waals surface area contributed by atoms with Crippen molar-refractivity contribution in [3.63, 3.8) is 0 Å². The number of thioether (sulfide) groups is 1. The summed E-state index contributed by atoms with van der Waals surface area (Å²) < 4.78 is 4.95. The number of nitrogens with two attached hydrogens (primary N) is 1. The minimum atomic E-state index is -0.543. The number of ether oxygens (including phenoxy) is 1. The number of amides is 1. The lowest BCUT2D eigenvalue weighted by Gasteiger charge is -2.34. The maximum Gasteiger partial charge on any atom is 0.343 e. The largest absolute Gasteiger partial charge is 0.462 e. The van der Waals surface area contributed by atoms with Gasteiger partial charge in [-0.2, -0.15) is 0 Å². The monoisotopic (exact) mass is 442 g/mol. The fourth-order valence-electron chi connectivity index (χ4n) is 3.75. The smallest absolute Gasteiger partial charge is 0.343 e. The van der Waals surface area contributed by atoms with Crippen LogP contribution in [0.15, 0.2) is 41.7 Å². The van der Waals surface area contributed by atoms with Crippen LogP contribution >= 0.6 is 11.8 Å². The molecule has 7 nitrogen and oxygen atoms in total. The van der Waals surface area contributed by atoms with Crippen LogP contribution in [0.3, 0.4) is 0 Å². The molecule has 0 spiro atoms. The first kappa shape index (κ1) is 23.1. The number of likely N-dealkylation sites (tertiary alicyclic amines) is 1. The molecule has 2 aromatic rings. The number of rotatable bonds is 8. The van der Waals surface area contributed by atoms with Crippen molar-refractivity contribution in [3.8, 4) is 0 Å². The highest BCUT2D eigenvalue weighted by atomic mass is 32.2. The quantitative estimate of drug-likeness (QED) is 0.379. The average molecular weight is 443 g/mol. The maximum absolute atomic E-state index is 13.1. The van der Waals surface area contributed by atoms with Gasteiger partial charge in [-0.25, -0.2) is 14.8 Å². The number of hydrogen-bond acceptors (Lipinski definition) is 7. The van der Waals surface area contributed by atoms with Crippen LogP contribution in [-0.4, -0.2) is 51.7 Å². The summed E-state index contributed by atoms with van der Waals surface area (Å²) in [6.45, 7) is 5.51. The van der Waals surface area contributed by atoms with Gasteiger partial charge in [0.15, 0.2) is 5.16 Å². The number of carbonyl (C=O) groups is 2. The van der Waals surface area contributed by atoms with E-state index < -0.39 is 5.97 Å². The van der Waals surface area contributed by atoms with Crippen LogP contribution in [0.25, 0.3) is 0 Å². The van der Waals surface area contributed by atoms with Crippen LogP contribution in [0.5, 0.6) is 0 Å². The first-order chi connectivity index (χ1) is 15.0. The van der Waals surface area contributed by atoms with Gasteiger partial charge in [-0.05, 0) is 44.1 Å². The second kappa shape index (κ2) is 11.1. The van der Waals surface area contributed by atoms with Gasteiger partial charge in [0, 0.05) is 19.3 Å². The first-order valence-electron chi connectivity index (χ1n) is 10.8. The lowest BCUT2D eigenvalue weighted by Crippen LogP contribution is -2.43. The zero-order valence-electron chi connectivity index (χ0n) is 18.1. The molecule has 0 aliphatic carbocycles. The summed E-state index contributed by atoms with van der Waals surface area (Å²) in [6.07, 6.45) is 5.12. The minimum Gasteiger partial charge on any atom is -0.462 e. The van der Waals surface area contributed by atoms with Crippen molar-refractivity contribution >= 4 is 29.5 Å². The number of benzene rings is 1. The standard InChI is InChI=1S/C23H30N4O3S/c1-3-19(31-23-25-15-18(20(24)26-23)22(29)30-4-2)21(28)27-12-10-17(11-13-27)14-16-8-6-5-7-9-16/h5-9,15,17,19H,3-4,10-14H2,1-2H3,(H2,24,25,26)/t19-/m1/s1. The molecule has 8 heteroatoms. The van der Waals surface area contributed by atoms with Crippen molar-refractivity contribution in [1.82, 2.24) is 14.9 Å². The van der Waals surface area contributed by atoms with E-state index in [1.165, 1.54) is 23.5 Å². The van der Waals surface area contributed by atoms with Gasteiger partial charge in [-0.15, -0.1) is 0 Å². The van der Waals surface area contributed by atoms with Crippen molar-refractivity contribution in [3.05, 3.63) is 47.7 Å². The predicted molar refractivity (Wildman–Crippen MR) is 122 cm³/mol. The Morgan fingerprint density at radius 3 is 2.55 bits per heavy atom. The van der Waals surface area contributed by atoms with Crippen LogP contribution in [0.1, 0.15) is 49.0 Å². The third-order valence-electron chi connectivity index (χ3n) is 5.48. The molecule has 1 aromatic heterocycles. The molecule has 0 saturated carbocycles. The summed E-state index contributed by atoms with van der Waals surface area (Å²) in [5.74, 6) is 0.248. The Bertz CT molecular complexity index is 886. The molecule has 2 N–H and O–H groups in total. The van der Waals surface area contributed by atoms with E-state index in [9.17, 15) is 9.59 Å². The Morgan fingerprint density at radius 2 is 1.94 bits per heavy atom. The second-order valence-corrected chi connectivity index (χ2v) is 8.81. The molecule has 1 aromatic carbocycles. The molecule has 1 aliphatic rings. The topological polar surface area (TPSA) is 98.4 Å². The summed E-state index contributed by atoms with van der Waals surface area (Å²) in [4.78, 5) is 35.3. The second-order valence-electron chi connectivity index (χ2n) is 7.65. The number of esters is 1. The van der Waals surface area contributed by atoms with E-state index in [1.807, 2.05) is 17.9 Å². The highest BCUT2D eigenvalue weighted by Gasteiger charge is 2.29. The molecule has 0 bridgehead atoms. The molecule has 1 fully saturated rings. The number of anilines is 1. The molecule has 1 saturated heterocycles. The van der Waals surface area contributed by atoms with E-state index in [2.05, 4.69) is 34.2 Å². The van der Waals surface area contributed by atoms with Crippen molar-refractivity contribution < 1.29 is 14.3 Å². The number of aromatic nitrogens is 2. The maximum atomic E-state index is 13.1. The van der Waals surface area contributed by atoms with Gasteiger partial charge in [-0.3, -0.25) is 4.79 Å².